The lowest BCUT2D eigenvalue weighted by atomic mass is 9.92. The van der Waals surface area contributed by atoms with Crippen LogP contribution >= 0.6 is 0 Å². The van der Waals surface area contributed by atoms with Gasteiger partial charge in [-0.1, -0.05) is 13.3 Å². The number of hydrogen-bond donors (Lipinski definition) is 2. The Kier molecular flexibility index (Phi) is 6.96. The van der Waals surface area contributed by atoms with Crippen molar-refractivity contribution in [3.8, 4) is 0 Å². The molecule has 1 saturated heterocycles. The monoisotopic (exact) mass is 284 g/mol. The van der Waals surface area contributed by atoms with Gasteiger partial charge in [-0.05, 0) is 72.0 Å². The Bertz CT molecular complexity index is 299. The van der Waals surface area contributed by atoms with Crippen LogP contribution in [0, 0.1) is 5.92 Å². The molecule has 118 valence electrons. The second-order valence-corrected chi connectivity index (χ2v) is 6.73. The largest absolute Gasteiger partial charge is 0.480 e. The lowest BCUT2D eigenvalue weighted by Crippen LogP contribution is -2.52. The van der Waals surface area contributed by atoms with Crippen molar-refractivity contribution in [1.29, 1.82) is 0 Å². The molecule has 0 spiro atoms. The van der Waals surface area contributed by atoms with Gasteiger partial charge in [0.2, 0.25) is 0 Å². The first-order chi connectivity index (χ1) is 9.37. The maximum Gasteiger partial charge on any atom is 0.323 e. The average Bonchev–Trinajstić information content (AvgIpc) is 2.38. The SMILES string of the molecule is CCC1CCN(CCCC(C)(NC(C)C)C(=O)O)CC1. The molecule has 2 N–H and O–H groups in total. The summed E-state index contributed by atoms with van der Waals surface area (Å²) in [5, 5.41) is 12.6. The van der Waals surface area contributed by atoms with Crippen LogP contribution in [0.3, 0.4) is 0 Å². The highest BCUT2D eigenvalue weighted by Gasteiger charge is 2.33. The number of nitrogens with zero attached hydrogens (tertiary/aromatic N) is 1. The number of piperidine rings is 1. The molecule has 1 unspecified atom stereocenters. The van der Waals surface area contributed by atoms with E-state index in [4.69, 9.17) is 0 Å². The molecule has 4 nitrogen and oxygen atoms in total. The molecule has 1 heterocycles. The zero-order valence-electron chi connectivity index (χ0n) is 13.6. The van der Waals surface area contributed by atoms with E-state index < -0.39 is 11.5 Å². The fraction of sp³-hybridized carbons (Fsp3) is 0.938. The van der Waals surface area contributed by atoms with Crippen molar-refractivity contribution in [1.82, 2.24) is 10.2 Å². The second kappa shape index (κ2) is 7.99. The Balaban J connectivity index is 2.33. The highest BCUT2D eigenvalue weighted by Crippen LogP contribution is 2.21. The van der Waals surface area contributed by atoms with E-state index in [9.17, 15) is 9.90 Å². The van der Waals surface area contributed by atoms with Crippen molar-refractivity contribution < 1.29 is 9.90 Å². The molecule has 0 aromatic rings. The molecule has 0 saturated carbocycles. The van der Waals surface area contributed by atoms with Crippen molar-refractivity contribution in [2.45, 2.75) is 71.4 Å². The van der Waals surface area contributed by atoms with E-state index in [-0.39, 0.29) is 6.04 Å². The highest BCUT2D eigenvalue weighted by atomic mass is 16.4. The molecule has 1 rings (SSSR count). The van der Waals surface area contributed by atoms with Gasteiger partial charge in [0.05, 0.1) is 0 Å². The summed E-state index contributed by atoms with van der Waals surface area (Å²) in [7, 11) is 0. The summed E-state index contributed by atoms with van der Waals surface area (Å²) in [6.45, 7) is 11.5. The summed E-state index contributed by atoms with van der Waals surface area (Å²) in [4.78, 5) is 13.9. The van der Waals surface area contributed by atoms with Crippen LogP contribution in [0.5, 0.6) is 0 Å². The molecule has 1 aliphatic heterocycles. The number of nitrogens with one attached hydrogen (secondary N) is 1. The molecule has 1 fully saturated rings. The van der Waals surface area contributed by atoms with E-state index in [1.165, 1.54) is 32.4 Å². The third-order valence-electron chi connectivity index (χ3n) is 4.51. The molecule has 0 bridgehead atoms. The number of carbonyl (C=O) groups is 1. The van der Waals surface area contributed by atoms with Gasteiger partial charge in [0, 0.05) is 6.04 Å². The quantitative estimate of drug-likeness (QED) is 0.719. The first kappa shape index (κ1) is 17.4. The minimum atomic E-state index is -0.796. The van der Waals surface area contributed by atoms with E-state index in [2.05, 4.69) is 17.1 Å². The lowest BCUT2D eigenvalue weighted by molar-refractivity contribution is -0.144. The first-order valence-corrected chi connectivity index (χ1v) is 8.11. The summed E-state index contributed by atoms with van der Waals surface area (Å²) >= 11 is 0. The standard InChI is InChI=1S/C16H32N2O2/c1-5-14-7-11-18(12-8-14)10-6-9-16(4,15(19)20)17-13(2)3/h13-14,17H,5-12H2,1-4H3,(H,19,20). The average molecular weight is 284 g/mol. The molecular formula is C16H32N2O2. The Hall–Kier alpha value is -0.610. The van der Waals surface area contributed by atoms with Crippen molar-refractivity contribution in [3.63, 3.8) is 0 Å². The molecule has 0 aromatic carbocycles. The number of likely N-dealkylation sites (tertiary alicyclic amines) is 1. The third-order valence-corrected chi connectivity index (χ3v) is 4.51. The van der Waals surface area contributed by atoms with Crippen molar-refractivity contribution in [2.24, 2.45) is 5.92 Å². The molecule has 0 aliphatic carbocycles. The Labute approximate surface area is 123 Å². The van der Waals surface area contributed by atoms with E-state index in [0.29, 0.717) is 6.42 Å². The number of rotatable bonds is 8. The van der Waals surface area contributed by atoms with Gasteiger partial charge in [0.25, 0.3) is 0 Å². The van der Waals surface area contributed by atoms with Gasteiger partial charge in [-0.2, -0.15) is 0 Å². The van der Waals surface area contributed by atoms with Crippen LogP contribution in [0.25, 0.3) is 0 Å². The molecule has 4 heteroatoms. The van der Waals surface area contributed by atoms with E-state index in [1.54, 1.807) is 6.92 Å². The molecule has 0 aromatic heterocycles. The summed E-state index contributed by atoms with van der Waals surface area (Å²) in [5.41, 5.74) is -0.796. The van der Waals surface area contributed by atoms with Gasteiger partial charge in [0.1, 0.15) is 5.54 Å². The zero-order chi connectivity index (χ0) is 15.2. The minimum absolute atomic E-state index is 0.191. The summed E-state index contributed by atoms with van der Waals surface area (Å²) < 4.78 is 0. The van der Waals surface area contributed by atoms with Crippen LogP contribution in [-0.4, -0.2) is 47.2 Å². The summed E-state index contributed by atoms with van der Waals surface area (Å²) in [6.07, 6.45) is 5.53. The van der Waals surface area contributed by atoms with Gasteiger partial charge in [-0.15, -0.1) is 0 Å². The van der Waals surface area contributed by atoms with Crippen LogP contribution in [0.4, 0.5) is 0 Å². The summed E-state index contributed by atoms with van der Waals surface area (Å²) in [6, 6.07) is 0.191. The smallest absolute Gasteiger partial charge is 0.323 e. The molecule has 1 atom stereocenters. The predicted octanol–water partition coefficient (Wildman–Crippen LogP) is 2.73. The van der Waals surface area contributed by atoms with Gasteiger partial charge < -0.3 is 10.0 Å². The fourth-order valence-corrected chi connectivity index (χ4v) is 3.15. The van der Waals surface area contributed by atoms with E-state index in [0.717, 1.165) is 18.9 Å². The second-order valence-electron chi connectivity index (χ2n) is 6.73. The summed E-state index contributed by atoms with van der Waals surface area (Å²) in [5.74, 6) is 0.161. The fourth-order valence-electron chi connectivity index (χ4n) is 3.15. The van der Waals surface area contributed by atoms with Gasteiger partial charge >= 0.3 is 5.97 Å². The highest BCUT2D eigenvalue weighted by molar-refractivity contribution is 5.78. The van der Waals surface area contributed by atoms with E-state index in [1.807, 2.05) is 13.8 Å². The molecule has 20 heavy (non-hydrogen) atoms. The van der Waals surface area contributed by atoms with Gasteiger partial charge in [-0.3, -0.25) is 10.1 Å². The van der Waals surface area contributed by atoms with E-state index >= 15 is 0 Å². The minimum Gasteiger partial charge on any atom is -0.480 e. The first-order valence-electron chi connectivity index (χ1n) is 8.11. The molecule has 1 aliphatic rings. The number of carboxylic acid groups (broad SMARTS) is 1. The van der Waals surface area contributed by atoms with Crippen molar-refractivity contribution in [2.75, 3.05) is 19.6 Å². The van der Waals surface area contributed by atoms with Gasteiger partial charge in [-0.25, -0.2) is 0 Å². The van der Waals surface area contributed by atoms with Gasteiger partial charge in [0.15, 0.2) is 0 Å². The molecule has 0 amide bonds. The number of aliphatic carboxylic acids is 1. The maximum atomic E-state index is 11.4. The molecular weight excluding hydrogens is 252 g/mol. The van der Waals surface area contributed by atoms with Crippen molar-refractivity contribution in [3.05, 3.63) is 0 Å². The van der Waals surface area contributed by atoms with Crippen LogP contribution in [0.15, 0.2) is 0 Å². The van der Waals surface area contributed by atoms with Crippen LogP contribution in [0.2, 0.25) is 0 Å². The number of hydrogen-bond acceptors (Lipinski definition) is 3. The van der Waals surface area contributed by atoms with Crippen LogP contribution in [-0.2, 0) is 4.79 Å². The van der Waals surface area contributed by atoms with Crippen LogP contribution in [0.1, 0.15) is 59.8 Å². The predicted molar refractivity (Wildman–Crippen MR) is 83.0 cm³/mol. The Morgan fingerprint density at radius 2 is 2.00 bits per heavy atom. The lowest BCUT2D eigenvalue weighted by Gasteiger charge is -2.33. The zero-order valence-corrected chi connectivity index (χ0v) is 13.6. The maximum absolute atomic E-state index is 11.4. The Morgan fingerprint density at radius 1 is 1.40 bits per heavy atom. The Morgan fingerprint density at radius 3 is 2.45 bits per heavy atom. The third kappa shape index (κ3) is 5.41. The molecule has 0 radical (unpaired) electrons. The number of carboxylic acids is 1. The normalized spacial score (nSPS) is 21.1. The van der Waals surface area contributed by atoms with Crippen molar-refractivity contribution >= 4 is 5.97 Å². The van der Waals surface area contributed by atoms with Crippen LogP contribution < -0.4 is 5.32 Å². The topological polar surface area (TPSA) is 52.6 Å².